The summed E-state index contributed by atoms with van der Waals surface area (Å²) in [6.45, 7) is 4.06. The van der Waals surface area contributed by atoms with Gasteiger partial charge in [-0.05, 0) is 36.8 Å². The molecule has 2 aromatic rings. The summed E-state index contributed by atoms with van der Waals surface area (Å²) in [5, 5.41) is 3.65. The number of carbonyl (C=O) groups excluding carboxylic acids is 1. The third kappa shape index (κ3) is 4.03. The largest absolute Gasteiger partial charge is 0.454 e. The molecule has 7 heteroatoms. The summed E-state index contributed by atoms with van der Waals surface area (Å²) in [7, 11) is 0. The Balaban J connectivity index is 1.40. The lowest BCUT2D eigenvalue weighted by molar-refractivity contribution is -0.124. The van der Waals surface area contributed by atoms with Gasteiger partial charge >= 0.3 is 0 Å². The maximum absolute atomic E-state index is 12.7. The highest BCUT2D eigenvalue weighted by Crippen LogP contribution is 2.34. The number of morpholine rings is 1. The summed E-state index contributed by atoms with van der Waals surface area (Å²) >= 11 is 5.96. The van der Waals surface area contributed by atoms with E-state index in [9.17, 15) is 4.79 Å². The van der Waals surface area contributed by atoms with Crippen LogP contribution in [0.3, 0.4) is 0 Å². The van der Waals surface area contributed by atoms with Crippen LogP contribution in [0.5, 0.6) is 11.5 Å². The van der Waals surface area contributed by atoms with Gasteiger partial charge in [0, 0.05) is 29.9 Å². The van der Waals surface area contributed by atoms with Crippen molar-refractivity contribution >= 4 is 23.2 Å². The molecule has 2 aromatic carbocycles. The minimum absolute atomic E-state index is 0.0642. The number of fused-ring (bicyclic) bond motifs is 1. The number of halogens is 1. The van der Waals surface area contributed by atoms with Gasteiger partial charge in [-0.25, -0.2) is 0 Å². The first-order valence-corrected chi connectivity index (χ1v) is 9.29. The molecule has 6 nitrogen and oxygen atoms in total. The first-order valence-electron chi connectivity index (χ1n) is 8.92. The van der Waals surface area contributed by atoms with Gasteiger partial charge in [0.15, 0.2) is 11.5 Å². The van der Waals surface area contributed by atoms with Crippen LogP contribution in [0.25, 0.3) is 0 Å². The molecule has 0 bridgehead atoms. The van der Waals surface area contributed by atoms with Crippen molar-refractivity contribution in [1.29, 1.82) is 0 Å². The van der Waals surface area contributed by atoms with Crippen molar-refractivity contribution in [1.82, 2.24) is 4.90 Å². The van der Waals surface area contributed by atoms with Crippen LogP contribution in [0, 0.1) is 0 Å². The fourth-order valence-corrected chi connectivity index (χ4v) is 3.41. The van der Waals surface area contributed by atoms with Gasteiger partial charge in [-0.1, -0.05) is 23.7 Å². The van der Waals surface area contributed by atoms with E-state index in [4.69, 9.17) is 25.8 Å². The van der Waals surface area contributed by atoms with Gasteiger partial charge in [-0.15, -0.1) is 0 Å². The summed E-state index contributed by atoms with van der Waals surface area (Å²) in [5.74, 6) is 1.28. The number of hydrogen-bond donors (Lipinski definition) is 1. The normalized spacial score (nSPS) is 20.3. The molecule has 0 radical (unpaired) electrons. The van der Waals surface area contributed by atoms with Crippen LogP contribution >= 0.6 is 11.6 Å². The van der Waals surface area contributed by atoms with Crippen LogP contribution in [0.4, 0.5) is 5.69 Å². The van der Waals surface area contributed by atoms with Crippen molar-refractivity contribution in [3.05, 3.63) is 53.1 Å². The molecule has 2 aliphatic rings. The summed E-state index contributed by atoms with van der Waals surface area (Å²) in [5.41, 5.74) is 1.76. The van der Waals surface area contributed by atoms with Gasteiger partial charge in [0.2, 0.25) is 12.7 Å². The van der Waals surface area contributed by atoms with E-state index in [1.165, 1.54) is 0 Å². The van der Waals surface area contributed by atoms with Gasteiger partial charge in [-0.3, -0.25) is 9.69 Å². The molecular formula is C20H21ClN2O4. The second kappa shape index (κ2) is 7.76. The predicted octanol–water partition coefficient (Wildman–Crippen LogP) is 3.47. The Hall–Kier alpha value is -2.28. The van der Waals surface area contributed by atoms with E-state index in [0.717, 1.165) is 5.56 Å². The van der Waals surface area contributed by atoms with Crippen molar-refractivity contribution in [2.45, 2.75) is 19.1 Å². The minimum Gasteiger partial charge on any atom is -0.454 e. The lowest BCUT2D eigenvalue weighted by atomic mass is 10.1. The second-order valence-corrected chi connectivity index (χ2v) is 7.08. The predicted molar refractivity (Wildman–Crippen MR) is 102 cm³/mol. The monoisotopic (exact) mass is 388 g/mol. The molecular weight excluding hydrogens is 368 g/mol. The molecule has 1 amide bonds. The number of benzene rings is 2. The highest BCUT2D eigenvalue weighted by Gasteiger charge is 2.29. The summed E-state index contributed by atoms with van der Waals surface area (Å²) in [6, 6.07) is 12.8. The number of amides is 1. The van der Waals surface area contributed by atoms with E-state index in [-0.39, 0.29) is 24.8 Å². The Bertz CT molecular complexity index is 827. The van der Waals surface area contributed by atoms with E-state index in [0.29, 0.717) is 41.9 Å². The zero-order chi connectivity index (χ0) is 18.8. The van der Waals surface area contributed by atoms with Crippen molar-refractivity contribution < 1.29 is 19.0 Å². The molecule has 0 spiro atoms. The molecule has 2 atom stereocenters. The lowest BCUT2D eigenvalue weighted by Crippen LogP contribution is -2.48. The number of anilines is 1. The van der Waals surface area contributed by atoms with Crippen LogP contribution in [0.1, 0.15) is 18.6 Å². The average molecular weight is 389 g/mol. The molecule has 1 fully saturated rings. The molecule has 2 heterocycles. The van der Waals surface area contributed by atoms with Gasteiger partial charge in [0.1, 0.15) is 0 Å². The van der Waals surface area contributed by atoms with E-state index in [2.05, 4.69) is 10.2 Å². The number of ether oxygens (including phenoxy) is 3. The lowest BCUT2D eigenvalue weighted by Gasteiger charge is -2.36. The average Bonchev–Trinajstić information content (AvgIpc) is 3.16. The van der Waals surface area contributed by atoms with Crippen LogP contribution in [-0.4, -0.2) is 43.3 Å². The zero-order valence-electron chi connectivity index (χ0n) is 15.0. The smallest absolute Gasteiger partial charge is 0.241 e. The van der Waals surface area contributed by atoms with E-state index >= 15 is 0 Å². The van der Waals surface area contributed by atoms with E-state index in [1.54, 1.807) is 12.1 Å². The summed E-state index contributed by atoms with van der Waals surface area (Å²) < 4.78 is 16.5. The number of nitrogens with zero attached hydrogens (tertiary/aromatic N) is 1. The van der Waals surface area contributed by atoms with Crippen molar-refractivity contribution in [2.24, 2.45) is 0 Å². The Kier molecular flexibility index (Phi) is 5.20. The van der Waals surface area contributed by atoms with Gasteiger partial charge in [0.05, 0.1) is 18.8 Å². The first-order chi connectivity index (χ1) is 13.1. The Morgan fingerprint density at radius 2 is 1.96 bits per heavy atom. The highest BCUT2D eigenvalue weighted by molar-refractivity contribution is 6.30. The molecule has 27 heavy (non-hydrogen) atoms. The maximum Gasteiger partial charge on any atom is 0.241 e. The number of rotatable bonds is 4. The molecule has 2 aliphatic heterocycles. The van der Waals surface area contributed by atoms with Gasteiger partial charge < -0.3 is 19.5 Å². The molecule has 142 valence electrons. The minimum atomic E-state index is -0.283. The third-order valence-electron chi connectivity index (χ3n) is 4.91. The Labute approximate surface area is 163 Å². The molecule has 4 rings (SSSR count). The first kappa shape index (κ1) is 18.1. The fourth-order valence-electron chi connectivity index (χ4n) is 3.29. The SMILES string of the molecule is C[C@H](C(=O)Nc1ccc2c(c1)OCO2)N1CCO[C@H](c2ccc(Cl)cc2)C1. The Morgan fingerprint density at radius 1 is 1.19 bits per heavy atom. The van der Waals surface area contributed by atoms with Crippen LogP contribution < -0.4 is 14.8 Å². The van der Waals surface area contributed by atoms with Crippen LogP contribution in [0.2, 0.25) is 5.02 Å². The highest BCUT2D eigenvalue weighted by atomic mass is 35.5. The molecule has 0 unspecified atom stereocenters. The topological polar surface area (TPSA) is 60.0 Å². The van der Waals surface area contributed by atoms with Gasteiger partial charge in [0.25, 0.3) is 0 Å². The fraction of sp³-hybridized carbons (Fsp3) is 0.350. The number of nitrogens with one attached hydrogen (secondary N) is 1. The quantitative estimate of drug-likeness (QED) is 0.869. The van der Waals surface area contributed by atoms with Gasteiger partial charge in [-0.2, -0.15) is 0 Å². The maximum atomic E-state index is 12.7. The van der Waals surface area contributed by atoms with Crippen LogP contribution in [-0.2, 0) is 9.53 Å². The molecule has 1 saturated heterocycles. The van der Waals surface area contributed by atoms with E-state index < -0.39 is 0 Å². The second-order valence-electron chi connectivity index (χ2n) is 6.64. The van der Waals surface area contributed by atoms with Crippen molar-refractivity contribution in [2.75, 3.05) is 31.8 Å². The molecule has 1 N–H and O–H groups in total. The number of hydrogen-bond acceptors (Lipinski definition) is 5. The zero-order valence-corrected chi connectivity index (χ0v) is 15.7. The summed E-state index contributed by atoms with van der Waals surface area (Å²) in [4.78, 5) is 14.8. The summed E-state index contributed by atoms with van der Waals surface area (Å²) in [6.07, 6.45) is -0.0724. The standard InChI is InChI=1S/C20H21ClN2O4/c1-13(20(24)22-16-6-7-17-18(10-16)27-12-26-17)23-8-9-25-19(11-23)14-2-4-15(21)5-3-14/h2-7,10,13,19H,8-9,11-12H2,1H3,(H,22,24)/t13-,19+/m1/s1. The van der Waals surface area contributed by atoms with Crippen molar-refractivity contribution in [3.8, 4) is 11.5 Å². The third-order valence-corrected chi connectivity index (χ3v) is 5.16. The van der Waals surface area contributed by atoms with Crippen LogP contribution in [0.15, 0.2) is 42.5 Å². The number of carbonyl (C=O) groups is 1. The molecule has 0 saturated carbocycles. The van der Waals surface area contributed by atoms with E-state index in [1.807, 2.05) is 37.3 Å². The molecule has 0 aromatic heterocycles. The van der Waals surface area contributed by atoms with Crippen molar-refractivity contribution in [3.63, 3.8) is 0 Å². The Morgan fingerprint density at radius 3 is 2.78 bits per heavy atom. The molecule has 0 aliphatic carbocycles.